The van der Waals surface area contributed by atoms with Gasteiger partial charge in [-0.25, -0.2) is 4.79 Å². The molecule has 0 radical (unpaired) electrons. The largest absolute Gasteiger partial charge is 0.494 e. The van der Waals surface area contributed by atoms with E-state index in [1.807, 2.05) is 25.1 Å². The monoisotopic (exact) mass is 265 g/mol. The van der Waals surface area contributed by atoms with Crippen molar-refractivity contribution in [2.45, 2.75) is 13.0 Å². The van der Waals surface area contributed by atoms with Gasteiger partial charge in [0.05, 0.1) is 13.2 Å². The van der Waals surface area contributed by atoms with E-state index in [1.165, 1.54) is 4.90 Å². The first-order valence-electron chi connectivity index (χ1n) is 6.00. The van der Waals surface area contributed by atoms with Crippen LogP contribution in [0.15, 0.2) is 24.3 Å². The van der Waals surface area contributed by atoms with Crippen LogP contribution in [-0.4, -0.2) is 41.8 Å². The molecule has 1 saturated heterocycles. The van der Waals surface area contributed by atoms with E-state index in [-0.39, 0.29) is 13.1 Å². The van der Waals surface area contributed by atoms with Crippen molar-refractivity contribution in [2.24, 2.45) is 0 Å². The molecule has 1 fully saturated rings. The zero-order valence-electron chi connectivity index (χ0n) is 10.5. The molecule has 0 spiro atoms. The minimum Gasteiger partial charge on any atom is -0.494 e. The van der Waals surface area contributed by atoms with Crippen LogP contribution in [0.2, 0.25) is 0 Å². The number of benzene rings is 1. The van der Waals surface area contributed by atoms with Gasteiger partial charge in [0.2, 0.25) is 0 Å². The predicted molar refractivity (Wildman–Crippen MR) is 66.0 cm³/mol. The number of hydrogen-bond donors (Lipinski definition) is 1. The number of amides is 1. The molecule has 1 aliphatic rings. The van der Waals surface area contributed by atoms with Crippen molar-refractivity contribution in [3.63, 3.8) is 0 Å². The fraction of sp³-hybridized carbons (Fsp3) is 0.385. The van der Waals surface area contributed by atoms with Crippen LogP contribution in [0.5, 0.6) is 5.75 Å². The van der Waals surface area contributed by atoms with Crippen LogP contribution in [0, 0.1) is 0 Å². The molecule has 1 heterocycles. The third kappa shape index (κ3) is 3.15. The Balaban J connectivity index is 2.09. The van der Waals surface area contributed by atoms with Crippen molar-refractivity contribution in [3.8, 4) is 5.75 Å². The molecule has 2 rings (SSSR count). The summed E-state index contributed by atoms with van der Waals surface area (Å²) >= 11 is 0. The van der Waals surface area contributed by atoms with Crippen LogP contribution in [0.4, 0.5) is 4.79 Å². The summed E-state index contributed by atoms with van der Waals surface area (Å²) in [6.07, 6.45) is -1.05. The minimum absolute atomic E-state index is 0.237. The fourth-order valence-corrected chi connectivity index (χ4v) is 1.95. The Morgan fingerprint density at radius 2 is 2.37 bits per heavy atom. The average molecular weight is 265 g/mol. The van der Waals surface area contributed by atoms with E-state index in [2.05, 4.69) is 0 Å². The summed E-state index contributed by atoms with van der Waals surface area (Å²) in [6, 6.07) is 7.25. The van der Waals surface area contributed by atoms with Gasteiger partial charge in [-0.2, -0.15) is 0 Å². The quantitative estimate of drug-likeness (QED) is 0.876. The number of carboxylic acid groups (broad SMARTS) is 1. The van der Waals surface area contributed by atoms with Gasteiger partial charge in [-0.1, -0.05) is 12.1 Å². The standard InChI is InChI=1S/C13H15NO5/c1-2-18-10-5-3-4-9(6-10)11-7-14(8-12(15)16)13(17)19-11/h3-6,11H,2,7-8H2,1H3,(H,15,16). The lowest BCUT2D eigenvalue weighted by Crippen LogP contribution is -2.30. The van der Waals surface area contributed by atoms with Gasteiger partial charge < -0.3 is 14.6 Å². The van der Waals surface area contributed by atoms with E-state index in [0.29, 0.717) is 12.4 Å². The average Bonchev–Trinajstić information content (AvgIpc) is 2.71. The van der Waals surface area contributed by atoms with E-state index in [4.69, 9.17) is 14.6 Å². The van der Waals surface area contributed by atoms with E-state index >= 15 is 0 Å². The highest BCUT2D eigenvalue weighted by atomic mass is 16.6. The maximum atomic E-state index is 11.5. The SMILES string of the molecule is CCOc1cccc(C2CN(CC(=O)O)C(=O)O2)c1. The molecule has 1 atom stereocenters. The number of carbonyl (C=O) groups excluding carboxylic acids is 1. The summed E-state index contributed by atoms with van der Waals surface area (Å²) in [7, 11) is 0. The molecule has 1 amide bonds. The molecular formula is C13H15NO5. The smallest absolute Gasteiger partial charge is 0.411 e. The third-order valence-electron chi connectivity index (χ3n) is 2.75. The minimum atomic E-state index is -1.05. The van der Waals surface area contributed by atoms with Gasteiger partial charge in [-0.3, -0.25) is 9.69 Å². The Hall–Kier alpha value is -2.24. The fourth-order valence-electron chi connectivity index (χ4n) is 1.95. The summed E-state index contributed by atoms with van der Waals surface area (Å²) in [5.74, 6) is -0.353. The Morgan fingerprint density at radius 3 is 3.05 bits per heavy atom. The van der Waals surface area contributed by atoms with E-state index in [0.717, 1.165) is 5.56 Å². The number of hydrogen-bond acceptors (Lipinski definition) is 4. The van der Waals surface area contributed by atoms with E-state index in [9.17, 15) is 9.59 Å². The van der Waals surface area contributed by atoms with Crippen molar-refractivity contribution in [1.82, 2.24) is 4.90 Å². The van der Waals surface area contributed by atoms with Gasteiger partial charge in [0.15, 0.2) is 0 Å². The van der Waals surface area contributed by atoms with Crippen LogP contribution in [0.25, 0.3) is 0 Å². The summed E-state index contributed by atoms with van der Waals surface area (Å²) in [5.41, 5.74) is 0.798. The number of carbonyl (C=O) groups is 2. The summed E-state index contributed by atoms with van der Waals surface area (Å²) < 4.78 is 10.5. The normalized spacial score (nSPS) is 18.3. The number of rotatable bonds is 5. The van der Waals surface area contributed by atoms with Crippen molar-refractivity contribution < 1.29 is 24.2 Å². The third-order valence-corrected chi connectivity index (χ3v) is 2.75. The molecule has 0 aromatic heterocycles. The summed E-state index contributed by atoms with van der Waals surface area (Å²) in [5, 5.41) is 8.69. The van der Waals surface area contributed by atoms with E-state index in [1.54, 1.807) is 6.07 Å². The highest BCUT2D eigenvalue weighted by molar-refractivity contribution is 5.78. The number of nitrogens with zero attached hydrogens (tertiary/aromatic N) is 1. The first kappa shape index (κ1) is 13.2. The zero-order valence-corrected chi connectivity index (χ0v) is 10.5. The molecule has 102 valence electrons. The first-order valence-corrected chi connectivity index (χ1v) is 6.00. The second-order valence-corrected chi connectivity index (χ2v) is 4.15. The lowest BCUT2D eigenvalue weighted by Gasteiger charge is -2.11. The van der Waals surface area contributed by atoms with Crippen LogP contribution in [-0.2, 0) is 9.53 Å². The highest BCUT2D eigenvalue weighted by Crippen LogP contribution is 2.28. The maximum Gasteiger partial charge on any atom is 0.411 e. The van der Waals surface area contributed by atoms with Gasteiger partial charge in [0.1, 0.15) is 18.4 Å². The summed E-state index contributed by atoms with van der Waals surface area (Å²) in [6.45, 7) is 2.33. The number of carboxylic acids is 1. The Bertz CT molecular complexity index is 488. The maximum absolute atomic E-state index is 11.5. The van der Waals surface area contributed by atoms with Gasteiger partial charge in [-0.15, -0.1) is 0 Å². The number of ether oxygens (including phenoxy) is 2. The molecule has 6 heteroatoms. The van der Waals surface area contributed by atoms with Crippen molar-refractivity contribution >= 4 is 12.1 Å². The Morgan fingerprint density at radius 1 is 1.58 bits per heavy atom. The lowest BCUT2D eigenvalue weighted by atomic mass is 10.1. The molecule has 0 aliphatic carbocycles. The number of aliphatic carboxylic acids is 1. The van der Waals surface area contributed by atoms with Gasteiger partial charge in [-0.05, 0) is 24.6 Å². The van der Waals surface area contributed by atoms with Gasteiger partial charge >= 0.3 is 12.1 Å². The van der Waals surface area contributed by atoms with Crippen molar-refractivity contribution in [2.75, 3.05) is 19.7 Å². The first-order chi connectivity index (χ1) is 9.10. The molecule has 0 bridgehead atoms. The Labute approximate surface area is 110 Å². The highest BCUT2D eigenvalue weighted by Gasteiger charge is 2.33. The van der Waals surface area contributed by atoms with E-state index < -0.39 is 18.2 Å². The number of cyclic esters (lactones) is 1. The molecule has 19 heavy (non-hydrogen) atoms. The molecule has 1 unspecified atom stereocenters. The lowest BCUT2D eigenvalue weighted by molar-refractivity contribution is -0.137. The summed E-state index contributed by atoms with van der Waals surface area (Å²) in [4.78, 5) is 23.3. The molecule has 1 N–H and O–H groups in total. The van der Waals surface area contributed by atoms with Crippen LogP contribution >= 0.6 is 0 Å². The molecule has 1 aromatic rings. The molecule has 0 saturated carbocycles. The molecule has 6 nitrogen and oxygen atoms in total. The molecule has 1 aromatic carbocycles. The zero-order chi connectivity index (χ0) is 13.8. The predicted octanol–water partition coefficient (Wildman–Crippen LogP) is 1.66. The molecule has 1 aliphatic heterocycles. The van der Waals surface area contributed by atoms with Gasteiger partial charge in [0, 0.05) is 0 Å². The topological polar surface area (TPSA) is 76.1 Å². The van der Waals surface area contributed by atoms with Gasteiger partial charge in [0.25, 0.3) is 0 Å². The van der Waals surface area contributed by atoms with Crippen LogP contribution in [0.1, 0.15) is 18.6 Å². The van der Waals surface area contributed by atoms with Crippen LogP contribution < -0.4 is 4.74 Å². The second kappa shape index (κ2) is 5.60. The van der Waals surface area contributed by atoms with Crippen molar-refractivity contribution in [1.29, 1.82) is 0 Å². The van der Waals surface area contributed by atoms with Crippen LogP contribution in [0.3, 0.4) is 0 Å². The van der Waals surface area contributed by atoms with Crippen molar-refractivity contribution in [3.05, 3.63) is 29.8 Å². The molecular weight excluding hydrogens is 250 g/mol. The second-order valence-electron chi connectivity index (χ2n) is 4.15. The Kier molecular flexibility index (Phi) is 3.89.